The van der Waals surface area contributed by atoms with Crippen LogP contribution in [0.15, 0.2) is 60.9 Å². The number of rotatable bonds is 9. The molecule has 0 spiro atoms. The van der Waals surface area contributed by atoms with Crippen LogP contribution in [0.2, 0.25) is 0 Å². The molecule has 0 atom stereocenters. The van der Waals surface area contributed by atoms with E-state index in [0.29, 0.717) is 0 Å². The molecule has 0 amide bonds. The number of anilines is 1. The van der Waals surface area contributed by atoms with Gasteiger partial charge in [-0.1, -0.05) is 43.2 Å². The van der Waals surface area contributed by atoms with E-state index >= 15 is 0 Å². The first-order valence-electron chi connectivity index (χ1n) is 8.55. The number of ether oxygens (including phenoxy) is 1. The van der Waals surface area contributed by atoms with Gasteiger partial charge in [0, 0.05) is 11.9 Å². The van der Waals surface area contributed by atoms with Crippen LogP contribution in [0.25, 0.3) is 10.9 Å². The number of para-hydroxylation sites is 2. The second-order valence-electron chi connectivity index (χ2n) is 5.74. The highest BCUT2D eigenvalue weighted by molar-refractivity contribution is 5.88. The molecular formula is C20H23N3O. The zero-order chi connectivity index (χ0) is 16.5. The molecule has 0 saturated heterocycles. The van der Waals surface area contributed by atoms with Crippen molar-refractivity contribution in [3.8, 4) is 5.75 Å². The van der Waals surface area contributed by atoms with Crippen molar-refractivity contribution >= 4 is 16.7 Å². The first kappa shape index (κ1) is 16.2. The maximum absolute atomic E-state index is 5.70. The van der Waals surface area contributed by atoms with Crippen LogP contribution >= 0.6 is 0 Å². The minimum atomic E-state index is 0.786. The Hall–Kier alpha value is -2.62. The molecule has 0 radical (unpaired) electrons. The lowest BCUT2D eigenvalue weighted by Gasteiger charge is -2.08. The van der Waals surface area contributed by atoms with E-state index in [4.69, 9.17) is 4.74 Å². The van der Waals surface area contributed by atoms with Crippen molar-refractivity contribution in [1.82, 2.24) is 9.97 Å². The molecule has 24 heavy (non-hydrogen) atoms. The van der Waals surface area contributed by atoms with Crippen LogP contribution < -0.4 is 10.1 Å². The molecule has 1 N–H and O–H groups in total. The highest BCUT2D eigenvalue weighted by Crippen LogP contribution is 2.18. The monoisotopic (exact) mass is 321 g/mol. The Morgan fingerprint density at radius 2 is 1.58 bits per heavy atom. The normalized spacial score (nSPS) is 10.7. The van der Waals surface area contributed by atoms with Crippen LogP contribution in [-0.4, -0.2) is 23.1 Å². The summed E-state index contributed by atoms with van der Waals surface area (Å²) in [6.45, 7) is 1.72. The largest absolute Gasteiger partial charge is 0.494 e. The Kier molecular flexibility index (Phi) is 6.00. The minimum Gasteiger partial charge on any atom is -0.494 e. The smallest absolute Gasteiger partial charge is 0.137 e. The first-order valence-corrected chi connectivity index (χ1v) is 8.55. The molecule has 0 unspecified atom stereocenters. The summed E-state index contributed by atoms with van der Waals surface area (Å²) >= 11 is 0. The lowest BCUT2D eigenvalue weighted by Crippen LogP contribution is -2.04. The van der Waals surface area contributed by atoms with Crippen LogP contribution in [0.5, 0.6) is 5.75 Å². The van der Waals surface area contributed by atoms with Crippen LogP contribution in [-0.2, 0) is 0 Å². The lowest BCUT2D eigenvalue weighted by molar-refractivity contribution is 0.305. The fraction of sp³-hybridized carbons (Fsp3) is 0.300. The SMILES string of the molecule is c1ccc(OCCCCCCNc2ncnc3ccccc23)cc1. The molecule has 0 saturated carbocycles. The predicted molar refractivity (Wildman–Crippen MR) is 98.4 cm³/mol. The molecule has 3 aromatic rings. The summed E-state index contributed by atoms with van der Waals surface area (Å²) in [4.78, 5) is 8.63. The summed E-state index contributed by atoms with van der Waals surface area (Å²) < 4.78 is 5.70. The molecule has 4 nitrogen and oxygen atoms in total. The minimum absolute atomic E-state index is 0.786. The summed E-state index contributed by atoms with van der Waals surface area (Å²) in [5.74, 6) is 1.88. The number of hydrogen-bond donors (Lipinski definition) is 1. The number of nitrogens with one attached hydrogen (secondary N) is 1. The van der Waals surface area contributed by atoms with E-state index in [2.05, 4.69) is 21.4 Å². The third-order valence-electron chi connectivity index (χ3n) is 3.92. The zero-order valence-electron chi connectivity index (χ0n) is 13.8. The van der Waals surface area contributed by atoms with Crippen molar-refractivity contribution in [3.05, 3.63) is 60.9 Å². The van der Waals surface area contributed by atoms with Gasteiger partial charge in [0.15, 0.2) is 0 Å². The van der Waals surface area contributed by atoms with Crippen molar-refractivity contribution in [2.45, 2.75) is 25.7 Å². The number of aromatic nitrogens is 2. The Bertz CT molecular complexity index is 741. The van der Waals surface area contributed by atoms with Gasteiger partial charge < -0.3 is 10.1 Å². The van der Waals surface area contributed by atoms with Crippen LogP contribution in [0, 0.1) is 0 Å². The first-order chi connectivity index (χ1) is 11.9. The zero-order valence-corrected chi connectivity index (χ0v) is 13.8. The van der Waals surface area contributed by atoms with Gasteiger partial charge in [0.2, 0.25) is 0 Å². The summed E-state index contributed by atoms with van der Waals surface area (Å²) in [5.41, 5.74) is 0.980. The maximum atomic E-state index is 5.70. The summed E-state index contributed by atoms with van der Waals surface area (Å²) in [6.07, 6.45) is 6.20. The second-order valence-corrected chi connectivity index (χ2v) is 5.74. The van der Waals surface area contributed by atoms with Crippen molar-refractivity contribution in [3.63, 3.8) is 0 Å². The number of fused-ring (bicyclic) bond motifs is 1. The van der Waals surface area contributed by atoms with E-state index in [0.717, 1.165) is 48.5 Å². The molecule has 0 aliphatic carbocycles. The van der Waals surface area contributed by atoms with Gasteiger partial charge in [0.25, 0.3) is 0 Å². The fourth-order valence-corrected chi connectivity index (χ4v) is 2.64. The average Bonchev–Trinajstić information content (AvgIpc) is 2.65. The molecule has 1 heterocycles. The van der Waals surface area contributed by atoms with Crippen molar-refractivity contribution in [2.75, 3.05) is 18.5 Å². The molecule has 0 aliphatic rings. The highest BCUT2D eigenvalue weighted by Gasteiger charge is 2.01. The second kappa shape index (κ2) is 8.87. The summed E-state index contributed by atoms with van der Waals surface area (Å²) in [6, 6.07) is 18.1. The molecule has 0 bridgehead atoms. The van der Waals surface area contributed by atoms with E-state index in [9.17, 15) is 0 Å². The fourth-order valence-electron chi connectivity index (χ4n) is 2.64. The van der Waals surface area contributed by atoms with Gasteiger partial charge in [-0.3, -0.25) is 0 Å². The average molecular weight is 321 g/mol. The third-order valence-corrected chi connectivity index (χ3v) is 3.92. The van der Waals surface area contributed by atoms with Gasteiger partial charge in [-0.15, -0.1) is 0 Å². The quantitative estimate of drug-likeness (QED) is 0.581. The van der Waals surface area contributed by atoms with Gasteiger partial charge in [0.05, 0.1) is 12.1 Å². The maximum Gasteiger partial charge on any atom is 0.137 e. The van der Waals surface area contributed by atoms with Crippen LogP contribution in [0.3, 0.4) is 0 Å². The molecule has 1 aromatic heterocycles. The molecule has 0 fully saturated rings. The number of unbranched alkanes of at least 4 members (excludes halogenated alkanes) is 3. The molecular weight excluding hydrogens is 298 g/mol. The van der Waals surface area contributed by atoms with Crippen molar-refractivity contribution < 1.29 is 4.74 Å². The van der Waals surface area contributed by atoms with Gasteiger partial charge in [-0.2, -0.15) is 0 Å². The van der Waals surface area contributed by atoms with Gasteiger partial charge in [-0.05, 0) is 37.1 Å². The van der Waals surface area contributed by atoms with Gasteiger partial charge >= 0.3 is 0 Å². The lowest BCUT2D eigenvalue weighted by atomic mass is 10.2. The standard InChI is InChI=1S/C20H23N3O/c1(2-9-15-24-17-10-4-3-5-11-17)8-14-21-20-18-12-6-7-13-19(18)22-16-23-20/h3-7,10-13,16H,1-2,8-9,14-15H2,(H,21,22,23). The third kappa shape index (κ3) is 4.69. The number of nitrogens with zero attached hydrogens (tertiary/aromatic N) is 2. The Balaban J connectivity index is 1.31. The highest BCUT2D eigenvalue weighted by atomic mass is 16.5. The molecule has 4 heteroatoms. The number of benzene rings is 2. The van der Waals surface area contributed by atoms with Gasteiger partial charge in [-0.25, -0.2) is 9.97 Å². The molecule has 2 aromatic carbocycles. The van der Waals surface area contributed by atoms with E-state index in [1.807, 2.05) is 48.5 Å². The predicted octanol–water partition coefficient (Wildman–Crippen LogP) is 4.68. The Labute approximate surface area is 142 Å². The Morgan fingerprint density at radius 1 is 0.792 bits per heavy atom. The van der Waals surface area contributed by atoms with Crippen molar-refractivity contribution in [1.29, 1.82) is 0 Å². The van der Waals surface area contributed by atoms with Gasteiger partial charge in [0.1, 0.15) is 17.9 Å². The Morgan fingerprint density at radius 3 is 2.50 bits per heavy atom. The number of hydrogen-bond acceptors (Lipinski definition) is 4. The van der Waals surface area contributed by atoms with E-state index < -0.39 is 0 Å². The van der Waals surface area contributed by atoms with Crippen LogP contribution in [0.4, 0.5) is 5.82 Å². The van der Waals surface area contributed by atoms with Crippen molar-refractivity contribution in [2.24, 2.45) is 0 Å². The van der Waals surface area contributed by atoms with E-state index in [1.165, 1.54) is 12.8 Å². The summed E-state index contributed by atoms with van der Waals surface area (Å²) in [5, 5.41) is 4.50. The molecule has 3 rings (SSSR count). The molecule has 124 valence electrons. The van der Waals surface area contributed by atoms with E-state index in [-0.39, 0.29) is 0 Å². The summed E-state index contributed by atoms with van der Waals surface area (Å²) in [7, 11) is 0. The molecule has 0 aliphatic heterocycles. The topological polar surface area (TPSA) is 47.0 Å². The van der Waals surface area contributed by atoms with Crippen LogP contribution in [0.1, 0.15) is 25.7 Å². The van der Waals surface area contributed by atoms with E-state index in [1.54, 1.807) is 6.33 Å².